The van der Waals surface area contributed by atoms with Crippen LogP contribution in [-0.4, -0.2) is 24.5 Å². The van der Waals surface area contributed by atoms with Crippen molar-refractivity contribution in [2.45, 2.75) is 104 Å². The first-order chi connectivity index (χ1) is 10.1. The summed E-state index contributed by atoms with van der Waals surface area (Å²) in [5, 5.41) is 0. The maximum atomic E-state index is 2.68. The molecule has 1 saturated heterocycles. The van der Waals surface area contributed by atoms with E-state index in [1.807, 2.05) is 0 Å². The Labute approximate surface area is 134 Å². The standard InChI is InChI=1S/C20H41N/c1-20(2,3)16-12-9-7-5-4-6-8-10-13-17-21-18-14-11-15-19-21/h4-19H2,1-3H3. The topological polar surface area (TPSA) is 3.24 Å². The molecule has 1 aliphatic rings. The lowest BCUT2D eigenvalue weighted by Gasteiger charge is -2.26. The summed E-state index contributed by atoms with van der Waals surface area (Å²) >= 11 is 0. The Hall–Kier alpha value is -0.0400. The second kappa shape index (κ2) is 11.5. The molecule has 1 heterocycles. The predicted molar refractivity (Wildman–Crippen MR) is 95.9 cm³/mol. The molecule has 1 fully saturated rings. The molecule has 0 aliphatic carbocycles. The van der Waals surface area contributed by atoms with Gasteiger partial charge in [0, 0.05) is 0 Å². The van der Waals surface area contributed by atoms with Crippen LogP contribution in [-0.2, 0) is 0 Å². The summed E-state index contributed by atoms with van der Waals surface area (Å²) in [5.41, 5.74) is 0.536. The lowest BCUT2D eigenvalue weighted by Crippen LogP contribution is -2.30. The summed E-state index contributed by atoms with van der Waals surface area (Å²) in [6.07, 6.45) is 18.9. The van der Waals surface area contributed by atoms with Crippen molar-refractivity contribution in [3.63, 3.8) is 0 Å². The average molecular weight is 296 g/mol. The molecule has 0 aromatic rings. The number of unbranched alkanes of at least 4 members (excludes halogenated alkanes) is 8. The monoisotopic (exact) mass is 295 g/mol. The van der Waals surface area contributed by atoms with Crippen LogP contribution >= 0.6 is 0 Å². The van der Waals surface area contributed by atoms with E-state index in [-0.39, 0.29) is 0 Å². The van der Waals surface area contributed by atoms with Crippen molar-refractivity contribution in [1.82, 2.24) is 4.90 Å². The fourth-order valence-corrected chi connectivity index (χ4v) is 3.41. The molecule has 1 aliphatic heterocycles. The molecule has 0 aromatic heterocycles. The number of hydrogen-bond acceptors (Lipinski definition) is 1. The average Bonchev–Trinajstić information content (AvgIpc) is 2.44. The van der Waals surface area contributed by atoms with Gasteiger partial charge in [-0.1, -0.05) is 78.6 Å². The van der Waals surface area contributed by atoms with Crippen LogP contribution in [0.4, 0.5) is 0 Å². The van der Waals surface area contributed by atoms with Crippen molar-refractivity contribution in [2.24, 2.45) is 5.41 Å². The van der Waals surface area contributed by atoms with Crippen LogP contribution in [0.15, 0.2) is 0 Å². The van der Waals surface area contributed by atoms with E-state index >= 15 is 0 Å². The highest BCUT2D eigenvalue weighted by Gasteiger charge is 2.09. The van der Waals surface area contributed by atoms with Crippen molar-refractivity contribution < 1.29 is 0 Å². The molecule has 1 nitrogen and oxygen atoms in total. The summed E-state index contributed by atoms with van der Waals surface area (Å²) in [4.78, 5) is 2.68. The Morgan fingerprint density at radius 1 is 0.619 bits per heavy atom. The van der Waals surface area contributed by atoms with Gasteiger partial charge in [-0.15, -0.1) is 0 Å². The van der Waals surface area contributed by atoms with Gasteiger partial charge < -0.3 is 4.90 Å². The summed E-state index contributed by atoms with van der Waals surface area (Å²) in [6.45, 7) is 11.2. The largest absolute Gasteiger partial charge is 0.303 e. The van der Waals surface area contributed by atoms with E-state index in [1.54, 1.807) is 0 Å². The normalized spacial score (nSPS) is 17.3. The van der Waals surface area contributed by atoms with Gasteiger partial charge in [0.1, 0.15) is 0 Å². The molecule has 0 unspecified atom stereocenters. The molecule has 0 atom stereocenters. The zero-order chi connectivity index (χ0) is 15.4. The highest BCUT2D eigenvalue weighted by molar-refractivity contribution is 4.64. The lowest BCUT2D eigenvalue weighted by atomic mass is 9.89. The maximum Gasteiger partial charge on any atom is -0.00187 e. The second-order valence-corrected chi connectivity index (χ2v) is 8.39. The van der Waals surface area contributed by atoms with E-state index < -0.39 is 0 Å². The maximum absolute atomic E-state index is 2.68. The quantitative estimate of drug-likeness (QED) is 0.397. The van der Waals surface area contributed by atoms with E-state index in [4.69, 9.17) is 0 Å². The first kappa shape index (κ1) is 19.0. The Balaban J connectivity index is 1.74. The zero-order valence-electron chi connectivity index (χ0n) is 15.3. The van der Waals surface area contributed by atoms with E-state index in [2.05, 4.69) is 25.7 Å². The molecule has 1 rings (SSSR count). The zero-order valence-corrected chi connectivity index (χ0v) is 15.3. The highest BCUT2D eigenvalue weighted by atomic mass is 15.1. The van der Waals surface area contributed by atoms with Crippen molar-refractivity contribution in [1.29, 1.82) is 0 Å². The smallest absolute Gasteiger partial charge is 0.00187 e. The van der Waals surface area contributed by atoms with Crippen LogP contribution in [0.5, 0.6) is 0 Å². The van der Waals surface area contributed by atoms with Crippen molar-refractivity contribution in [3.05, 3.63) is 0 Å². The fraction of sp³-hybridized carbons (Fsp3) is 1.00. The van der Waals surface area contributed by atoms with Crippen molar-refractivity contribution in [3.8, 4) is 0 Å². The molecule has 0 spiro atoms. The van der Waals surface area contributed by atoms with E-state index in [9.17, 15) is 0 Å². The van der Waals surface area contributed by atoms with Crippen LogP contribution in [0.2, 0.25) is 0 Å². The Morgan fingerprint density at radius 2 is 1.10 bits per heavy atom. The molecule has 0 radical (unpaired) electrons. The van der Waals surface area contributed by atoms with Crippen molar-refractivity contribution >= 4 is 0 Å². The number of hydrogen-bond donors (Lipinski definition) is 0. The summed E-state index contributed by atoms with van der Waals surface area (Å²) in [5.74, 6) is 0. The Kier molecular flexibility index (Phi) is 10.4. The third kappa shape index (κ3) is 12.2. The first-order valence-electron chi connectivity index (χ1n) is 9.80. The predicted octanol–water partition coefficient (Wildman–Crippen LogP) is 6.42. The molecular weight excluding hydrogens is 254 g/mol. The molecule has 1 heteroatoms. The molecule has 0 bridgehead atoms. The Bertz CT molecular complexity index is 222. The molecule has 0 aromatic carbocycles. The molecular formula is C20H41N. The number of rotatable bonds is 11. The first-order valence-corrected chi connectivity index (χ1v) is 9.80. The summed E-state index contributed by atoms with van der Waals surface area (Å²) in [6, 6.07) is 0. The molecule has 0 N–H and O–H groups in total. The minimum atomic E-state index is 0.536. The third-order valence-corrected chi connectivity index (χ3v) is 4.85. The van der Waals surface area contributed by atoms with Crippen LogP contribution in [0, 0.1) is 5.41 Å². The third-order valence-electron chi connectivity index (χ3n) is 4.85. The van der Waals surface area contributed by atoms with Gasteiger partial charge in [-0.25, -0.2) is 0 Å². The number of likely N-dealkylation sites (tertiary alicyclic amines) is 1. The minimum absolute atomic E-state index is 0.536. The van der Waals surface area contributed by atoms with Crippen LogP contribution in [0.3, 0.4) is 0 Å². The molecule has 21 heavy (non-hydrogen) atoms. The van der Waals surface area contributed by atoms with Gasteiger partial charge in [0.15, 0.2) is 0 Å². The summed E-state index contributed by atoms with van der Waals surface area (Å²) < 4.78 is 0. The van der Waals surface area contributed by atoms with Crippen LogP contribution < -0.4 is 0 Å². The van der Waals surface area contributed by atoms with E-state index in [1.165, 1.54) is 103 Å². The second-order valence-electron chi connectivity index (χ2n) is 8.39. The lowest BCUT2D eigenvalue weighted by molar-refractivity contribution is 0.224. The van der Waals surface area contributed by atoms with Crippen LogP contribution in [0.1, 0.15) is 104 Å². The fourth-order valence-electron chi connectivity index (χ4n) is 3.41. The van der Waals surface area contributed by atoms with Crippen LogP contribution in [0.25, 0.3) is 0 Å². The minimum Gasteiger partial charge on any atom is -0.303 e. The van der Waals surface area contributed by atoms with E-state index in [0.29, 0.717) is 5.41 Å². The van der Waals surface area contributed by atoms with Gasteiger partial charge in [0.25, 0.3) is 0 Å². The van der Waals surface area contributed by atoms with Gasteiger partial charge in [-0.2, -0.15) is 0 Å². The summed E-state index contributed by atoms with van der Waals surface area (Å²) in [7, 11) is 0. The molecule has 126 valence electrons. The molecule has 0 amide bonds. The number of piperidine rings is 1. The van der Waals surface area contributed by atoms with Gasteiger partial charge in [0.2, 0.25) is 0 Å². The SMILES string of the molecule is CC(C)(C)CCCCCCCCCCCN1CCCCC1. The van der Waals surface area contributed by atoms with E-state index in [0.717, 1.165) is 0 Å². The van der Waals surface area contributed by atoms with Gasteiger partial charge in [0.05, 0.1) is 0 Å². The van der Waals surface area contributed by atoms with Gasteiger partial charge in [-0.3, -0.25) is 0 Å². The number of nitrogens with zero attached hydrogens (tertiary/aromatic N) is 1. The van der Waals surface area contributed by atoms with Gasteiger partial charge in [-0.05, 0) is 50.7 Å². The van der Waals surface area contributed by atoms with Gasteiger partial charge >= 0.3 is 0 Å². The highest BCUT2D eigenvalue weighted by Crippen LogP contribution is 2.22. The Morgan fingerprint density at radius 3 is 1.62 bits per heavy atom. The van der Waals surface area contributed by atoms with Crippen molar-refractivity contribution in [2.75, 3.05) is 19.6 Å². The molecule has 0 saturated carbocycles.